The number of aromatic hydroxyl groups is 1. The standard InChI is InChI=1S/C21H31NO5/c1-22-11-10-20-14(8-9-21(26-4,27-5)19(20)25-3)15(22)12-13-6-7-16(24-2)18(23)17(13)20/h6-7,14-15,19,23H,8-12H2,1-5H3. The van der Waals surface area contributed by atoms with E-state index in [1.165, 1.54) is 5.56 Å². The van der Waals surface area contributed by atoms with E-state index in [1.807, 2.05) is 6.07 Å². The molecule has 1 aromatic rings. The summed E-state index contributed by atoms with van der Waals surface area (Å²) in [6.07, 6.45) is 3.24. The molecule has 1 N–H and O–H groups in total. The molecule has 4 unspecified atom stereocenters. The molecule has 6 nitrogen and oxygen atoms in total. The lowest BCUT2D eigenvalue weighted by Crippen LogP contribution is -2.71. The van der Waals surface area contributed by atoms with Gasteiger partial charge in [-0.1, -0.05) is 6.07 Å². The molecule has 1 saturated carbocycles. The van der Waals surface area contributed by atoms with E-state index in [4.69, 9.17) is 18.9 Å². The number of likely N-dealkylation sites (N-methyl/N-ethyl adjacent to an activating group) is 1. The maximum atomic E-state index is 11.2. The maximum Gasteiger partial charge on any atom is 0.195 e. The number of hydrogen-bond acceptors (Lipinski definition) is 6. The van der Waals surface area contributed by atoms with Gasteiger partial charge in [0.15, 0.2) is 17.3 Å². The number of fused-ring (bicyclic) bond motifs is 1. The van der Waals surface area contributed by atoms with E-state index < -0.39 is 5.79 Å². The molecular weight excluding hydrogens is 346 g/mol. The van der Waals surface area contributed by atoms with Crippen LogP contribution in [-0.4, -0.2) is 70.0 Å². The molecule has 0 amide bonds. The third-order valence-electron chi connectivity index (χ3n) is 7.51. The van der Waals surface area contributed by atoms with E-state index in [9.17, 15) is 5.11 Å². The number of phenols is 1. The molecule has 0 radical (unpaired) electrons. The molecule has 27 heavy (non-hydrogen) atoms. The molecule has 6 heteroatoms. The predicted molar refractivity (Wildman–Crippen MR) is 101 cm³/mol. The van der Waals surface area contributed by atoms with Crippen molar-refractivity contribution in [3.05, 3.63) is 23.3 Å². The van der Waals surface area contributed by atoms with Crippen LogP contribution in [0.1, 0.15) is 30.4 Å². The van der Waals surface area contributed by atoms with Crippen LogP contribution in [0.25, 0.3) is 0 Å². The fraction of sp³-hybridized carbons (Fsp3) is 0.714. The first kappa shape index (κ1) is 19.0. The molecule has 0 spiro atoms. The average Bonchev–Trinajstić information content (AvgIpc) is 2.69. The monoisotopic (exact) mass is 377 g/mol. The minimum absolute atomic E-state index is 0.244. The van der Waals surface area contributed by atoms with Gasteiger partial charge in [-0.2, -0.15) is 0 Å². The fourth-order valence-electron chi connectivity index (χ4n) is 6.34. The Morgan fingerprint density at radius 1 is 1.11 bits per heavy atom. The minimum Gasteiger partial charge on any atom is -0.504 e. The second-order valence-corrected chi connectivity index (χ2v) is 8.17. The Labute approximate surface area is 161 Å². The first-order chi connectivity index (χ1) is 13.0. The van der Waals surface area contributed by atoms with Gasteiger partial charge in [-0.25, -0.2) is 0 Å². The Balaban J connectivity index is 2.00. The summed E-state index contributed by atoms with van der Waals surface area (Å²) in [6.45, 7) is 0.945. The summed E-state index contributed by atoms with van der Waals surface area (Å²) >= 11 is 0. The van der Waals surface area contributed by atoms with Crippen LogP contribution in [0.3, 0.4) is 0 Å². The van der Waals surface area contributed by atoms with Crippen LogP contribution in [0.5, 0.6) is 11.5 Å². The molecule has 1 aliphatic heterocycles. The number of benzene rings is 1. The minimum atomic E-state index is -0.824. The highest BCUT2D eigenvalue weighted by molar-refractivity contribution is 5.57. The van der Waals surface area contributed by atoms with Crippen LogP contribution in [0.2, 0.25) is 0 Å². The molecule has 3 aliphatic rings. The molecule has 0 aromatic heterocycles. The summed E-state index contributed by atoms with van der Waals surface area (Å²) in [5, 5.41) is 11.2. The molecule has 2 aliphatic carbocycles. The van der Waals surface area contributed by atoms with Gasteiger partial charge in [-0.3, -0.25) is 0 Å². The zero-order valence-corrected chi connectivity index (χ0v) is 16.9. The Morgan fingerprint density at radius 2 is 1.85 bits per heavy atom. The summed E-state index contributed by atoms with van der Waals surface area (Å²) in [4.78, 5) is 2.46. The van der Waals surface area contributed by atoms with Crippen LogP contribution >= 0.6 is 0 Å². The molecule has 4 atom stereocenters. The molecule has 1 heterocycles. The first-order valence-electron chi connectivity index (χ1n) is 9.71. The van der Waals surface area contributed by atoms with E-state index in [2.05, 4.69) is 18.0 Å². The highest BCUT2D eigenvalue weighted by Crippen LogP contribution is 2.61. The summed E-state index contributed by atoms with van der Waals surface area (Å²) in [5.74, 6) is 0.300. The van der Waals surface area contributed by atoms with Gasteiger partial charge in [0.2, 0.25) is 0 Å². The number of ether oxygens (including phenoxy) is 4. The van der Waals surface area contributed by atoms with E-state index >= 15 is 0 Å². The van der Waals surface area contributed by atoms with Crippen molar-refractivity contribution in [1.82, 2.24) is 4.90 Å². The number of phenolic OH excluding ortho intramolecular Hbond substituents is 1. The van der Waals surface area contributed by atoms with Crippen molar-refractivity contribution >= 4 is 0 Å². The number of methoxy groups -OCH3 is 4. The van der Waals surface area contributed by atoms with Gasteiger partial charge < -0.3 is 29.0 Å². The van der Waals surface area contributed by atoms with Crippen LogP contribution in [0.4, 0.5) is 0 Å². The number of nitrogens with zero attached hydrogens (tertiary/aromatic N) is 1. The van der Waals surface area contributed by atoms with Gasteiger partial charge in [0, 0.05) is 44.8 Å². The molecule has 1 saturated heterocycles. The molecular formula is C21H31NO5. The average molecular weight is 377 g/mol. The summed E-state index contributed by atoms with van der Waals surface area (Å²) < 4.78 is 23.5. The summed E-state index contributed by atoms with van der Waals surface area (Å²) in [6, 6.07) is 4.38. The van der Waals surface area contributed by atoms with Crippen molar-refractivity contribution in [2.45, 2.75) is 49.0 Å². The van der Waals surface area contributed by atoms with Gasteiger partial charge >= 0.3 is 0 Å². The molecule has 1 aromatic carbocycles. The van der Waals surface area contributed by atoms with Crippen LogP contribution in [-0.2, 0) is 26.0 Å². The molecule has 2 bridgehead atoms. The number of piperidine rings is 1. The van der Waals surface area contributed by atoms with Gasteiger partial charge in [-0.15, -0.1) is 0 Å². The van der Waals surface area contributed by atoms with Crippen molar-refractivity contribution in [3.8, 4) is 11.5 Å². The number of hydrogen-bond donors (Lipinski definition) is 1. The predicted octanol–water partition coefficient (Wildman–Crippen LogP) is 2.31. The van der Waals surface area contributed by atoms with Crippen molar-refractivity contribution in [1.29, 1.82) is 0 Å². The SMILES string of the molecule is COc1ccc2c(c1O)C13CCN(C)C(C2)C1CCC(OC)(OC)C3OC. The van der Waals surface area contributed by atoms with E-state index in [1.54, 1.807) is 28.4 Å². The van der Waals surface area contributed by atoms with Gasteiger partial charge in [0.05, 0.1) is 7.11 Å². The van der Waals surface area contributed by atoms with E-state index in [0.29, 0.717) is 17.7 Å². The Hall–Kier alpha value is -1.34. The van der Waals surface area contributed by atoms with E-state index in [0.717, 1.165) is 37.8 Å². The van der Waals surface area contributed by atoms with Gasteiger partial charge in [0.1, 0.15) is 6.10 Å². The Morgan fingerprint density at radius 3 is 2.48 bits per heavy atom. The lowest BCUT2D eigenvalue weighted by Gasteiger charge is -2.64. The van der Waals surface area contributed by atoms with Crippen LogP contribution in [0, 0.1) is 5.92 Å². The van der Waals surface area contributed by atoms with Gasteiger partial charge in [0.25, 0.3) is 0 Å². The highest BCUT2D eigenvalue weighted by Gasteiger charge is 2.66. The highest BCUT2D eigenvalue weighted by atomic mass is 16.7. The van der Waals surface area contributed by atoms with E-state index in [-0.39, 0.29) is 17.3 Å². The second-order valence-electron chi connectivity index (χ2n) is 8.17. The van der Waals surface area contributed by atoms with Crippen molar-refractivity contribution in [3.63, 3.8) is 0 Å². The fourth-order valence-corrected chi connectivity index (χ4v) is 6.34. The normalized spacial score (nSPS) is 34.6. The third kappa shape index (κ3) is 2.33. The smallest absolute Gasteiger partial charge is 0.195 e. The van der Waals surface area contributed by atoms with Gasteiger partial charge in [-0.05, 0) is 50.4 Å². The van der Waals surface area contributed by atoms with Crippen molar-refractivity contribution in [2.75, 3.05) is 42.0 Å². The quantitative estimate of drug-likeness (QED) is 0.813. The molecule has 4 rings (SSSR count). The Bertz CT molecular complexity index is 719. The van der Waals surface area contributed by atoms with Crippen LogP contribution < -0.4 is 4.74 Å². The first-order valence-corrected chi connectivity index (χ1v) is 9.71. The lowest BCUT2D eigenvalue weighted by atomic mass is 9.49. The topological polar surface area (TPSA) is 60.4 Å². The van der Waals surface area contributed by atoms with Crippen molar-refractivity contribution in [2.24, 2.45) is 5.92 Å². The number of likely N-dealkylation sites (tertiary alicyclic amines) is 1. The third-order valence-corrected chi connectivity index (χ3v) is 7.51. The zero-order valence-electron chi connectivity index (χ0n) is 16.9. The zero-order chi connectivity index (χ0) is 19.4. The largest absolute Gasteiger partial charge is 0.504 e. The van der Waals surface area contributed by atoms with Crippen molar-refractivity contribution < 1.29 is 24.1 Å². The number of rotatable bonds is 4. The Kier molecular flexibility index (Phi) is 4.66. The molecule has 2 fully saturated rings. The van der Waals surface area contributed by atoms with Crippen LogP contribution in [0.15, 0.2) is 12.1 Å². The summed E-state index contributed by atoms with van der Waals surface area (Å²) in [5.41, 5.74) is 1.77. The second kappa shape index (κ2) is 6.62. The summed E-state index contributed by atoms with van der Waals surface area (Å²) in [7, 11) is 8.91. The lowest BCUT2D eigenvalue weighted by molar-refractivity contribution is -0.311. The molecule has 150 valence electrons. The maximum absolute atomic E-state index is 11.2.